The highest BCUT2D eigenvalue weighted by atomic mass is 35.5. The molecule has 5 heteroatoms. The number of hydrogen-bond donors (Lipinski definition) is 1. The van der Waals surface area contributed by atoms with Gasteiger partial charge < -0.3 is 5.32 Å². The molecule has 0 aliphatic heterocycles. The molecule has 0 radical (unpaired) electrons. The quantitative estimate of drug-likeness (QED) is 0.837. The number of amides is 1. The Hall–Kier alpha value is -0.580. The first-order chi connectivity index (χ1) is 8.92. The fourth-order valence-electron chi connectivity index (χ4n) is 1.61. The largest absolute Gasteiger partial charge is 0.352 e. The van der Waals surface area contributed by atoms with Crippen molar-refractivity contribution in [2.24, 2.45) is 5.92 Å². The molecule has 0 aliphatic rings. The molecule has 1 amide bonds. The maximum atomic E-state index is 11.9. The van der Waals surface area contributed by atoms with Crippen molar-refractivity contribution < 1.29 is 4.79 Å². The zero-order chi connectivity index (χ0) is 14.4. The first-order valence-corrected chi connectivity index (χ1v) is 7.87. The molecule has 1 rings (SSSR count). The van der Waals surface area contributed by atoms with Gasteiger partial charge in [0.15, 0.2) is 0 Å². The van der Waals surface area contributed by atoms with Crippen LogP contribution in [-0.4, -0.2) is 29.9 Å². The average molecular weight is 303 g/mol. The van der Waals surface area contributed by atoms with E-state index in [0.29, 0.717) is 12.5 Å². The van der Waals surface area contributed by atoms with Gasteiger partial charge in [0.1, 0.15) is 0 Å². The molecule has 3 nitrogen and oxygen atoms in total. The maximum absolute atomic E-state index is 11.9. The number of thiophene rings is 1. The SMILES string of the molecule is CCN(CC(=O)NC(C)C(C)C)Cc1ccc(Cl)s1. The van der Waals surface area contributed by atoms with Crippen LogP contribution in [0.2, 0.25) is 4.34 Å². The van der Waals surface area contributed by atoms with Gasteiger partial charge in [-0.05, 0) is 31.5 Å². The highest BCUT2D eigenvalue weighted by molar-refractivity contribution is 7.16. The Morgan fingerprint density at radius 2 is 2.11 bits per heavy atom. The minimum absolute atomic E-state index is 0.0886. The number of nitrogens with one attached hydrogen (secondary N) is 1. The van der Waals surface area contributed by atoms with E-state index in [0.717, 1.165) is 17.4 Å². The zero-order valence-electron chi connectivity index (χ0n) is 12.1. The van der Waals surface area contributed by atoms with E-state index in [2.05, 4.69) is 31.0 Å². The Morgan fingerprint density at radius 1 is 1.42 bits per heavy atom. The summed E-state index contributed by atoms with van der Waals surface area (Å²) in [7, 11) is 0. The van der Waals surface area contributed by atoms with E-state index in [1.807, 2.05) is 19.1 Å². The van der Waals surface area contributed by atoms with Gasteiger partial charge in [-0.15, -0.1) is 11.3 Å². The van der Waals surface area contributed by atoms with Gasteiger partial charge in [-0.25, -0.2) is 0 Å². The molecule has 0 bridgehead atoms. The lowest BCUT2D eigenvalue weighted by Crippen LogP contribution is -2.42. The normalized spacial score (nSPS) is 13.0. The zero-order valence-corrected chi connectivity index (χ0v) is 13.6. The molecule has 0 saturated carbocycles. The van der Waals surface area contributed by atoms with Crippen LogP contribution >= 0.6 is 22.9 Å². The highest BCUT2D eigenvalue weighted by Crippen LogP contribution is 2.22. The Balaban J connectivity index is 2.45. The number of halogens is 1. The van der Waals surface area contributed by atoms with Crippen molar-refractivity contribution in [3.8, 4) is 0 Å². The molecular formula is C14H23ClN2OS. The summed E-state index contributed by atoms with van der Waals surface area (Å²) >= 11 is 7.49. The van der Waals surface area contributed by atoms with Crippen molar-refractivity contribution in [2.75, 3.05) is 13.1 Å². The predicted molar refractivity (Wildman–Crippen MR) is 82.7 cm³/mol. The van der Waals surface area contributed by atoms with E-state index in [4.69, 9.17) is 11.6 Å². The van der Waals surface area contributed by atoms with Crippen LogP contribution in [0.1, 0.15) is 32.6 Å². The molecule has 1 atom stereocenters. The molecule has 0 aromatic carbocycles. The third-order valence-electron chi connectivity index (χ3n) is 3.21. The maximum Gasteiger partial charge on any atom is 0.234 e. The van der Waals surface area contributed by atoms with Crippen LogP contribution in [0.15, 0.2) is 12.1 Å². The average Bonchev–Trinajstić information content (AvgIpc) is 2.73. The first-order valence-electron chi connectivity index (χ1n) is 6.68. The monoisotopic (exact) mass is 302 g/mol. The fraction of sp³-hybridized carbons (Fsp3) is 0.643. The number of carbonyl (C=O) groups is 1. The standard InChI is InChI=1S/C14H23ClN2OS/c1-5-17(8-12-6-7-13(15)19-12)9-14(18)16-11(4)10(2)3/h6-7,10-11H,5,8-9H2,1-4H3,(H,16,18). The van der Waals surface area contributed by atoms with E-state index < -0.39 is 0 Å². The van der Waals surface area contributed by atoms with E-state index in [9.17, 15) is 4.79 Å². The summed E-state index contributed by atoms with van der Waals surface area (Å²) in [5.74, 6) is 0.542. The lowest BCUT2D eigenvalue weighted by Gasteiger charge is -2.22. The summed E-state index contributed by atoms with van der Waals surface area (Å²) in [6.07, 6.45) is 0. The second-order valence-electron chi connectivity index (χ2n) is 5.11. The van der Waals surface area contributed by atoms with Gasteiger partial charge in [0.05, 0.1) is 10.9 Å². The summed E-state index contributed by atoms with van der Waals surface area (Å²) in [6, 6.07) is 4.13. The molecule has 0 spiro atoms. The van der Waals surface area contributed by atoms with Crippen molar-refractivity contribution in [3.05, 3.63) is 21.3 Å². The summed E-state index contributed by atoms with van der Waals surface area (Å²) in [5, 5.41) is 3.03. The molecule has 1 unspecified atom stereocenters. The highest BCUT2D eigenvalue weighted by Gasteiger charge is 2.14. The second-order valence-corrected chi connectivity index (χ2v) is 6.91. The fourth-order valence-corrected chi connectivity index (χ4v) is 2.74. The van der Waals surface area contributed by atoms with Gasteiger partial charge in [-0.1, -0.05) is 32.4 Å². The lowest BCUT2D eigenvalue weighted by atomic mass is 10.1. The minimum atomic E-state index is 0.0886. The van der Waals surface area contributed by atoms with Gasteiger partial charge in [0.25, 0.3) is 0 Å². The van der Waals surface area contributed by atoms with E-state index in [1.54, 1.807) is 11.3 Å². The predicted octanol–water partition coefficient (Wildman–Crippen LogP) is 3.38. The van der Waals surface area contributed by atoms with Crippen molar-refractivity contribution in [1.29, 1.82) is 0 Å². The Kier molecular flexibility index (Phi) is 6.83. The minimum Gasteiger partial charge on any atom is -0.352 e. The molecule has 0 aliphatic carbocycles. The molecular weight excluding hydrogens is 280 g/mol. The van der Waals surface area contributed by atoms with Crippen LogP contribution in [0.4, 0.5) is 0 Å². The van der Waals surface area contributed by atoms with Crippen LogP contribution in [0.3, 0.4) is 0 Å². The van der Waals surface area contributed by atoms with Gasteiger partial charge in [0.2, 0.25) is 5.91 Å². The summed E-state index contributed by atoms with van der Waals surface area (Å²) in [5.41, 5.74) is 0. The number of rotatable bonds is 7. The van der Waals surface area contributed by atoms with E-state index in [1.165, 1.54) is 4.88 Å². The number of likely N-dealkylation sites (N-methyl/N-ethyl adjacent to an activating group) is 1. The Bertz CT molecular complexity index is 406. The Labute approximate surface area is 124 Å². The third-order valence-corrected chi connectivity index (χ3v) is 4.43. The van der Waals surface area contributed by atoms with Gasteiger partial charge >= 0.3 is 0 Å². The van der Waals surface area contributed by atoms with Crippen molar-refractivity contribution in [2.45, 2.75) is 40.3 Å². The topological polar surface area (TPSA) is 32.3 Å². The number of nitrogens with zero attached hydrogens (tertiary/aromatic N) is 1. The van der Waals surface area contributed by atoms with Crippen LogP contribution in [0.25, 0.3) is 0 Å². The van der Waals surface area contributed by atoms with Crippen molar-refractivity contribution in [1.82, 2.24) is 10.2 Å². The van der Waals surface area contributed by atoms with Gasteiger partial charge in [-0.3, -0.25) is 9.69 Å². The summed E-state index contributed by atoms with van der Waals surface area (Å²) < 4.78 is 0.795. The van der Waals surface area contributed by atoms with Crippen molar-refractivity contribution in [3.63, 3.8) is 0 Å². The lowest BCUT2D eigenvalue weighted by molar-refractivity contribution is -0.123. The molecule has 0 fully saturated rings. The summed E-state index contributed by atoms with van der Waals surface area (Å²) in [4.78, 5) is 15.3. The van der Waals surface area contributed by atoms with Crippen molar-refractivity contribution >= 4 is 28.8 Å². The first kappa shape index (κ1) is 16.5. The molecule has 1 heterocycles. The molecule has 0 saturated heterocycles. The van der Waals surface area contributed by atoms with Gasteiger partial charge in [-0.2, -0.15) is 0 Å². The van der Waals surface area contributed by atoms with Crippen LogP contribution in [0.5, 0.6) is 0 Å². The summed E-state index contributed by atoms with van der Waals surface area (Å²) in [6.45, 7) is 10.4. The molecule has 1 aromatic heterocycles. The molecule has 1 aromatic rings. The van der Waals surface area contributed by atoms with E-state index >= 15 is 0 Å². The van der Waals surface area contributed by atoms with Crippen LogP contribution in [-0.2, 0) is 11.3 Å². The number of hydrogen-bond acceptors (Lipinski definition) is 3. The Morgan fingerprint density at radius 3 is 2.58 bits per heavy atom. The third kappa shape index (κ3) is 5.93. The van der Waals surface area contributed by atoms with Crippen LogP contribution < -0.4 is 5.32 Å². The molecule has 1 N–H and O–H groups in total. The molecule has 108 valence electrons. The number of carbonyl (C=O) groups excluding carboxylic acids is 1. The second kappa shape index (κ2) is 7.88. The smallest absolute Gasteiger partial charge is 0.234 e. The van der Waals surface area contributed by atoms with E-state index in [-0.39, 0.29) is 11.9 Å². The van der Waals surface area contributed by atoms with Gasteiger partial charge in [0, 0.05) is 17.5 Å². The molecule has 19 heavy (non-hydrogen) atoms. The van der Waals surface area contributed by atoms with Crippen LogP contribution in [0, 0.1) is 5.92 Å².